The zero-order valence-corrected chi connectivity index (χ0v) is 13.3. The molecule has 1 unspecified atom stereocenters. The van der Waals surface area contributed by atoms with Crippen LogP contribution in [0.25, 0.3) is 0 Å². The Balaban J connectivity index is 2.30. The first-order valence-electron chi connectivity index (χ1n) is 7.58. The predicted octanol–water partition coefficient (Wildman–Crippen LogP) is 1.30. The molecule has 120 valence electrons. The lowest BCUT2D eigenvalue weighted by Gasteiger charge is -2.31. The van der Waals surface area contributed by atoms with E-state index in [1.54, 1.807) is 11.0 Å². The van der Waals surface area contributed by atoms with Crippen molar-refractivity contribution in [1.82, 2.24) is 4.90 Å². The van der Waals surface area contributed by atoms with E-state index < -0.39 is 0 Å². The highest BCUT2D eigenvalue weighted by Gasteiger charge is 2.28. The van der Waals surface area contributed by atoms with Crippen molar-refractivity contribution in [2.75, 3.05) is 31.1 Å². The van der Waals surface area contributed by atoms with Gasteiger partial charge in [-0.25, -0.2) is 0 Å². The highest BCUT2D eigenvalue weighted by Crippen LogP contribution is 2.34. The van der Waals surface area contributed by atoms with Crippen LogP contribution in [0.15, 0.2) is 18.2 Å². The summed E-state index contributed by atoms with van der Waals surface area (Å²) in [6.45, 7) is 6.95. The first-order valence-corrected chi connectivity index (χ1v) is 7.58. The van der Waals surface area contributed by atoms with Gasteiger partial charge in [0.2, 0.25) is 5.91 Å². The van der Waals surface area contributed by atoms with Crippen LogP contribution in [-0.4, -0.2) is 43.0 Å². The van der Waals surface area contributed by atoms with Crippen LogP contribution in [0.5, 0.6) is 5.75 Å². The molecule has 1 aliphatic rings. The van der Waals surface area contributed by atoms with Gasteiger partial charge in [-0.3, -0.25) is 14.5 Å². The van der Waals surface area contributed by atoms with Gasteiger partial charge in [-0.15, -0.1) is 0 Å². The van der Waals surface area contributed by atoms with E-state index >= 15 is 0 Å². The minimum atomic E-state index is -0.213. The van der Waals surface area contributed by atoms with Gasteiger partial charge in [-0.05, 0) is 38.5 Å². The zero-order chi connectivity index (χ0) is 16.3. The number of hydrogen-bond acceptors (Lipinski definition) is 4. The highest BCUT2D eigenvalue weighted by molar-refractivity contribution is 6.02. The molecule has 0 spiro atoms. The molecule has 0 saturated carbocycles. The number of ether oxygens (including phenoxy) is 1. The van der Waals surface area contributed by atoms with E-state index in [4.69, 9.17) is 10.5 Å². The number of fused-ring (bicyclic) bond motifs is 1. The van der Waals surface area contributed by atoms with Crippen LogP contribution >= 0.6 is 0 Å². The van der Waals surface area contributed by atoms with Crippen molar-refractivity contribution in [3.8, 4) is 5.75 Å². The molecule has 6 heteroatoms. The second kappa shape index (κ2) is 6.79. The summed E-state index contributed by atoms with van der Waals surface area (Å²) in [5.41, 5.74) is 7.42. The molecule has 0 saturated heterocycles. The van der Waals surface area contributed by atoms with E-state index in [0.717, 1.165) is 5.56 Å². The van der Waals surface area contributed by atoms with Gasteiger partial charge in [0.05, 0.1) is 5.69 Å². The molecule has 0 aromatic heterocycles. The van der Waals surface area contributed by atoms with Crippen LogP contribution in [0.1, 0.15) is 32.4 Å². The number of carbonyl (C=O) groups excluding carboxylic acids is 2. The normalized spacial score (nSPS) is 15.1. The topological polar surface area (TPSA) is 75.9 Å². The van der Waals surface area contributed by atoms with Crippen LogP contribution in [0.2, 0.25) is 0 Å². The third-order valence-electron chi connectivity index (χ3n) is 3.86. The number of carbonyl (C=O) groups is 2. The van der Waals surface area contributed by atoms with Crippen LogP contribution < -0.4 is 15.4 Å². The van der Waals surface area contributed by atoms with Crippen LogP contribution in [0.3, 0.4) is 0 Å². The molecule has 1 atom stereocenters. The lowest BCUT2D eigenvalue weighted by molar-refractivity contribution is -0.131. The molecular formula is C16H23N3O3. The van der Waals surface area contributed by atoms with Crippen molar-refractivity contribution in [3.05, 3.63) is 23.8 Å². The van der Waals surface area contributed by atoms with Crippen molar-refractivity contribution in [2.45, 2.75) is 26.8 Å². The number of anilines is 1. The second-order valence-electron chi connectivity index (χ2n) is 5.35. The summed E-state index contributed by atoms with van der Waals surface area (Å²) in [7, 11) is 0. The van der Waals surface area contributed by atoms with Crippen molar-refractivity contribution in [2.24, 2.45) is 5.73 Å². The molecule has 1 aromatic carbocycles. The number of benzene rings is 1. The minimum absolute atomic E-state index is 0.0271. The summed E-state index contributed by atoms with van der Waals surface area (Å²) in [4.78, 5) is 27.7. The average molecular weight is 305 g/mol. The van der Waals surface area contributed by atoms with Gasteiger partial charge in [0.15, 0.2) is 6.61 Å². The molecule has 1 aromatic rings. The summed E-state index contributed by atoms with van der Waals surface area (Å²) >= 11 is 0. The fourth-order valence-electron chi connectivity index (χ4n) is 2.49. The quantitative estimate of drug-likeness (QED) is 0.889. The number of nitrogens with zero attached hydrogens (tertiary/aromatic N) is 2. The Morgan fingerprint density at radius 2 is 2.09 bits per heavy atom. The summed E-state index contributed by atoms with van der Waals surface area (Å²) in [5.74, 6) is 0.323. The number of hydrogen-bond donors (Lipinski definition) is 1. The fourth-order valence-corrected chi connectivity index (χ4v) is 2.49. The van der Waals surface area contributed by atoms with Crippen LogP contribution in [0, 0.1) is 0 Å². The molecule has 0 fully saturated rings. The smallest absolute Gasteiger partial charge is 0.265 e. The first kappa shape index (κ1) is 16.3. The molecular weight excluding hydrogens is 282 g/mol. The SMILES string of the molecule is CCN(CC)C(=O)CN1C(=O)COc2ccc(C(C)N)cc21. The van der Waals surface area contributed by atoms with Gasteiger partial charge in [0.1, 0.15) is 12.3 Å². The molecule has 0 aliphatic carbocycles. The summed E-state index contributed by atoms with van der Waals surface area (Å²) in [6, 6.07) is 5.36. The van der Waals surface area contributed by atoms with E-state index in [-0.39, 0.29) is 31.0 Å². The maximum Gasteiger partial charge on any atom is 0.265 e. The predicted molar refractivity (Wildman–Crippen MR) is 84.8 cm³/mol. The Hall–Kier alpha value is -2.08. The van der Waals surface area contributed by atoms with Crippen molar-refractivity contribution in [1.29, 1.82) is 0 Å². The maximum absolute atomic E-state index is 12.3. The Bertz CT molecular complexity index is 568. The lowest BCUT2D eigenvalue weighted by atomic mass is 10.1. The van der Waals surface area contributed by atoms with Gasteiger partial charge in [0, 0.05) is 19.1 Å². The second-order valence-corrected chi connectivity index (χ2v) is 5.35. The van der Waals surface area contributed by atoms with Gasteiger partial charge < -0.3 is 15.4 Å². The molecule has 2 N–H and O–H groups in total. The van der Waals surface area contributed by atoms with E-state index in [0.29, 0.717) is 24.5 Å². The summed E-state index contributed by atoms with van der Waals surface area (Å²) in [5, 5.41) is 0. The van der Waals surface area contributed by atoms with Crippen LogP contribution in [-0.2, 0) is 9.59 Å². The molecule has 1 heterocycles. The highest BCUT2D eigenvalue weighted by atomic mass is 16.5. The molecule has 2 rings (SSSR count). The van der Waals surface area contributed by atoms with E-state index in [9.17, 15) is 9.59 Å². The number of amides is 2. The third-order valence-corrected chi connectivity index (χ3v) is 3.86. The van der Waals surface area contributed by atoms with Crippen molar-refractivity contribution < 1.29 is 14.3 Å². The molecule has 6 nitrogen and oxygen atoms in total. The largest absolute Gasteiger partial charge is 0.482 e. The van der Waals surface area contributed by atoms with E-state index in [1.165, 1.54) is 4.90 Å². The molecule has 0 radical (unpaired) electrons. The van der Waals surface area contributed by atoms with Crippen LogP contribution in [0.4, 0.5) is 5.69 Å². The van der Waals surface area contributed by atoms with Gasteiger partial charge in [-0.2, -0.15) is 0 Å². The van der Waals surface area contributed by atoms with Gasteiger partial charge in [0.25, 0.3) is 5.91 Å². The monoisotopic (exact) mass is 305 g/mol. The summed E-state index contributed by atoms with van der Waals surface area (Å²) in [6.07, 6.45) is 0. The third kappa shape index (κ3) is 3.22. The lowest BCUT2D eigenvalue weighted by Crippen LogP contribution is -2.46. The van der Waals surface area contributed by atoms with Crippen molar-refractivity contribution in [3.63, 3.8) is 0 Å². The van der Waals surface area contributed by atoms with E-state index in [1.807, 2.05) is 32.9 Å². The van der Waals surface area contributed by atoms with Gasteiger partial charge >= 0.3 is 0 Å². The number of nitrogens with two attached hydrogens (primary N) is 1. The minimum Gasteiger partial charge on any atom is -0.482 e. The standard InChI is InChI=1S/C16H23N3O3/c1-4-18(5-2)15(20)9-19-13-8-12(11(3)17)6-7-14(13)22-10-16(19)21/h6-8,11H,4-5,9-10,17H2,1-3H3. The first-order chi connectivity index (χ1) is 10.5. The molecule has 0 bridgehead atoms. The Morgan fingerprint density at radius 3 is 2.68 bits per heavy atom. The van der Waals surface area contributed by atoms with Crippen molar-refractivity contribution >= 4 is 17.5 Å². The average Bonchev–Trinajstić information content (AvgIpc) is 2.50. The summed E-state index contributed by atoms with van der Waals surface area (Å²) < 4.78 is 5.44. The number of likely N-dealkylation sites (N-methyl/N-ethyl adjacent to an activating group) is 1. The maximum atomic E-state index is 12.3. The fraction of sp³-hybridized carbons (Fsp3) is 0.500. The zero-order valence-electron chi connectivity index (χ0n) is 13.3. The number of rotatable bonds is 5. The van der Waals surface area contributed by atoms with Gasteiger partial charge in [-0.1, -0.05) is 6.07 Å². The Morgan fingerprint density at radius 1 is 1.41 bits per heavy atom. The molecule has 1 aliphatic heterocycles. The Labute approximate surface area is 130 Å². The molecule has 22 heavy (non-hydrogen) atoms. The Kier molecular flexibility index (Phi) is 5.03. The van der Waals surface area contributed by atoms with E-state index in [2.05, 4.69) is 0 Å². The molecule has 2 amide bonds.